The predicted octanol–water partition coefficient (Wildman–Crippen LogP) is 3.84. The van der Waals surface area contributed by atoms with E-state index in [2.05, 4.69) is 52.3 Å². The molecular weight excluding hydrogens is 278 g/mol. The summed E-state index contributed by atoms with van der Waals surface area (Å²) in [5.74, 6) is 2.39. The molecule has 0 amide bonds. The van der Waals surface area contributed by atoms with E-state index in [0.717, 1.165) is 36.5 Å². The van der Waals surface area contributed by atoms with Crippen LogP contribution in [0, 0.1) is 0 Å². The number of hydrogen-bond acceptors (Lipinski definition) is 2. The highest BCUT2D eigenvalue weighted by Crippen LogP contribution is 2.26. The molecule has 0 saturated carbocycles. The number of nitrogens with one attached hydrogen (secondary N) is 1. The van der Waals surface area contributed by atoms with E-state index in [-0.39, 0.29) is 0 Å². The zero-order chi connectivity index (χ0) is 14.3. The quantitative estimate of drug-likeness (QED) is 0.679. The Morgan fingerprint density at radius 2 is 1.95 bits per heavy atom. The van der Waals surface area contributed by atoms with Gasteiger partial charge >= 0.3 is 0 Å². The summed E-state index contributed by atoms with van der Waals surface area (Å²) in [7, 11) is 0. The van der Waals surface area contributed by atoms with Crippen LogP contribution in [0.1, 0.15) is 32.1 Å². The van der Waals surface area contributed by atoms with Gasteiger partial charge in [0.1, 0.15) is 0 Å². The summed E-state index contributed by atoms with van der Waals surface area (Å²) in [6.07, 6.45) is 6.61. The number of thioether (sulfide) groups is 1. The maximum absolute atomic E-state index is 4.94. The molecule has 2 saturated heterocycles. The van der Waals surface area contributed by atoms with Gasteiger partial charge in [0.2, 0.25) is 0 Å². The second-order valence-electron chi connectivity index (χ2n) is 5.84. The van der Waals surface area contributed by atoms with Crippen LogP contribution in [0.3, 0.4) is 0 Å². The van der Waals surface area contributed by atoms with Crippen LogP contribution in [-0.4, -0.2) is 41.5 Å². The van der Waals surface area contributed by atoms with Crippen LogP contribution < -0.4 is 5.32 Å². The third-order valence-electron chi connectivity index (χ3n) is 4.15. The zero-order valence-corrected chi connectivity index (χ0v) is 13.4. The molecule has 1 aromatic rings. The molecule has 0 bridgehead atoms. The first-order chi connectivity index (χ1) is 10.4. The molecule has 1 aromatic carbocycles. The molecule has 4 heteroatoms. The Balaban J connectivity index is 1.68. The van der Waals surface area contributed by atoms with Crippen LogP contribution >= 0.6 is 11.8 Å². The average molecular weight is 303 g/mol. The normalized spacial score (nSPS) is 23.3. The first-order valence-corrected chi connectivity index (χ1v) is 9.20. The van der Waals surface area contributed by atoms with E-state index in [0.29, 0.717) is 0 Å². The fourth-order valence-corrected chi connectivity index (χ4v) is 4.13. The molecule has 1 unspecified atom stereocenters. The highest BCUT2D eigenvalue weighted by atomic mass is 32.2. The van der Waals surface area contributed by atoms with Crippen molar-refractivity contribution in [2.45, 2.75) is 37.4 Å². The summed E-state index contributed by atoms with van der Waals surface area (Å²) in [5, 5.41) is 4.26. The van der Waals surface area contributed by atoms with Gasteiger partial charge < -0.3 is 10.2 Å². The fraction of sp³-hybridized carbons (Fsp3) is 0.588. The number of hydrogen-bond donors (Lipinski definition) is 1. The van der Waals surface area contributed by atoms with Crippen LogP contribution in [0.5, 0.6) is 0 Å². The molecule has 114 valence electrons. The third kappa shape index (κ3) is 4.40. The van der Waals surface area contributed by atoms with Crippen LogP contribution in [0.2, 0.25) is 0 Å². The third-order valence-corrected chi connectivity index (χ3v) is 5.53. The number of likely N-dealkylation sites (tertiary alicyclic amines) is 1. The van der Waals surface area contributed by atoms with Crippen molar-refractivity contribution in [3.63, 3.8) is 0 Å². The van der Waals surface area contributed by atoms with Crippen molar-refractivity contribution in [3.05, 3.63) is 30.3 Å². The Morgan fingerprint density at radius 1 is 1.14 bits per heavy atom. The number of rotatable bonds is 3. The number of anilines is 1. The topological polar surface area (TPSA) is 27.6 Å². The number of nitrogens with zero attached hydrogens (tertiary/aromatic N) is 2. The van der Waals surface area contributed by atoms with E-state index in [1.54, 1.807) is 0 Å². The van der Waals surface area contributed by atoms with Crippen LogP contribution in [0.25, 0.3) is 0 Å². The van der Waals surface area contributed by atoms with Crippen LogP contribution in [0.4, 0.5) is 5.69 Å². The lowest BCUT2D eigenvalue weighted by molar-refractivity contribution is 0.340. The SMILES string of the molecule is c1ccc(NC(=NCC2CCCS2)N2CCCCC2)cc1. The van der Waals surface area contributed by atoms with Crippen molar-refractivity contribution >= 4 is 23.4 Å². The Kier molecular flexibility index (Phi) is 5.44. The molecule has 0 aromatic heterocycles. The van der Waals surface area contributed by atoms with Crippen molar-refractivity contribution in [2.75, 3.05) is 30.7 Å². The molecule has 3 nitrogen and oxygen atoms in total. The van der Waals surface area contributed by atoms with E-state index in [1.165, 1.54) is 37.9 Å². The monoisotopic (exact) mass is 303 g/mol. The molecule has 0 spiro atoms. The van der Waals surface area contributed by atoms with Gasteiger partial charge in [0.25, 0.3) is 0 Å². The fourth-order valence-electron chi connectivity index (χ4n) is 2.95. The zero-order valence-electron chi connectivity index (χ0n) is 12.6. The Morgan fingerprint density at radius 3 is 2.67 bits per heavy atom. The molecular formula is C17H25N3S. The highest BCUT2D eigenvalue weighted by Gasteiger charge is 2.18. The minimum Gasteiger partial charge on any atom is -0.343 e. The summed E-state index contributed by atoms with van der Waals surface area (Å²) < 4.78 is 0. The summed E-state index contributed by atoms with van der Waals surface area (Å²) in [6, 6.07) is 10.4. The van der Waals surface area contributed by atoms with Crippen molar-refractivity contribution in [1.82, 2.24) is 4.90 Å². The summed E-state index contributed by atoms with van der Waals surface area (Å²) >= 11 is 2.08. The molecule has 1 N–H and O–H groups in total. The van der Waals surface area contributed by atoms with Crippen molar-refractivity contribution in [2.24, 2.45) is 4.99 Å². The average Bonchev–Trinajstić information content (AvgIpc) is 3.07. The van der Waals surface area contributed by atoms with Crippen LogP contribution in [0.15, 0.2) is 35.3 Å². The summed E-state index contributed by atoms with van der Waals surface area (Å²) in [6.45, 7) is 3.23. The molecule has 1 atom stereocenters. The lowest BCUT2D eigenvalue weighted by atomic mass is 10.1. The molecule has 3 rings (SSSR count). The molecule has 0 radical (unpaired) electrons. The predicted molar refractivity (Wildman–Crippen MR) is 93.3 cm³/mol. The number of benzene rings is 1. The van der Waals surface area contributed by atoms with E-state index < -0.39 is 0 Å². The lowest BCUT2D eigenvalue weighted by Gasteiger charge is -2.30. The Labute approximate surface area is 132 Å². The molecule has 2 heterocycles. The summed E-state index contributed by atoms with van der Waals surface area (Å²) in [4.78, 5) is 7.36. The maximum atomic E-state index is 4.94. The van der Waals surface area contributed by atoms with E-state index in [4.69, 9.17) is 4.99 Å². The van der Waals surface area contributed by atoms with Gasteiger partial charge in [0.05, 0.1) is 6.54 Å². The van der Waals surface area contributed by atoms with Gasteiger partial charge in [-0.25, -0.2) is 0 Å². The Hall–Kier alpha value is -1.16. The number of para-hydroxylation sites is 1. The van der Waals surface area contributed by atoms with Gasteiger partial charge in [0, 0.05) is 24.0 Å². The van der Waals surface area contributed by atoms with Gasteiger partial charge in [-0.2, -0.15) is 11.8 Å². The van der Waals surface area contributed by atoms with Crippen molar-refractivity contribution in [3.8, 4) is 0 Å². The second-order valence-corrected chi connectivity index (χ2v) is 7.25. The largest absolute Gasteiger partial charge is 0.343 e. The van der Waals surface area contributed by atoms with E-state index >= 15 is 0 Å². The number of aliphatic imine (C=N–C) groups is 1. The van der Waals surface area contributed by atoms with Crippen molar-refractivity contribution in [1.29, 1.82) is 0 Å². The number of guanidine groups is 1. The standard InChI is InChI=1S/C17H25N3S/c1-3-8-15(9-4-1)19-17(20-11-5-2-6-12-20)18-14-16-10-7-13-21-16/h1,3-4,8-9,16H,2,5-7,10-14H2,(H,18,19). The molecule has 2 aliphatic heterocycles. The number of piperidine rings is 1. The van der Waals surface area contributed by atoms with Gasteiger partial charge in [-0.3, -0.25) is 4.99 Å². The Bertz CT molecular complexity index is 448. The van der Waals surface area contributed by atoms with Gasteiger partial charge in [-0.1, -0.05) is 18.2 Å². The second kappa shape index (κ2) is 7.74. The first kappa shape index (κ1) is 14.8. The maximum Gasteiger partial charge on any atom is 0.198 e. The molecule has 0 aliphatic carbocycles. The highest BCUT2D eigenvalue weighted by molar-refractivity contribution is 8.00. The minimum absolute atomic E-state index is 0.724. The minimum atomic E-state index is 0.724. The van der Waals surface area contributed by atoms with E-state index in [1.807, 2.05) is 0 Å². The van der Waals surface area contributed by atoms with E-state index in [9.17, 15) is 0 Å². The van der Waals surface area contributed by atoms with Crippen molar-refractivity contribution < 1.29 is 0 Å². The molecule has 2 aliphatic rings. The first-order valence-electron chi connectivity index (χ1n) is 8.15. The van der Waals surface area contributed by atoms with Gasteiger partial charge in [-0.05, 0) is 50.0 Å². The summed E-state index contributed by atoms with van der Waals surface area (Å²) in [5.41, 5.74) is 1.14. The van der Waals surface area contributed by atoms with Gasteiger partial charge in [0.15, 0.2) is 5.96 Å². The molecule has 21 heavy (non-hydrogen) atoms. The smallest absolute Gasteiger partial charge is 0.198 e. The van der Waals surface area contributed by atoms with Gasteiger partial charge in [-0.15, -0.1) is 0 Å². The molecule has 2 fully saturated rings. The lowest BCUT2D eigenvalue weighted by Crippen LogP contribution is -2.40. The van der Waals surface area contributed by atoms with Crippen LogP contribution in [-0.2, 0) is 0 Å².